The molecule has 10 aromatic rings. The molecule has 0 aliphatic rings. The predicted molar refractivity (Wildman–Crippen MR) is 241 cm³/mol. The van der Waals surface area contributed by atoms with Crippen LogP contribution in [0.25, 0.3) is 49.7 Å². The zero-order valence-corrected chi connectivity index (χ0v) is 31.4. The number of hydrogen-bond donors (Lipinski definition) is 0. The summed E-state index contributed by atoms with van der Waals surface area (Å²) >= 11 is 0. The molecule has 0 saturated carbocycles. The van der Waals surface area contributed by atoms with E-state index in [2.05, 4.69) is 251 Å². The average molecular weight is 730 g/mol. The summed E-state index contributed by atoms with van der Waals surface area (Å²) in [6.07, 6.45) is 0. The average Bonchev–Trinajstić information content (AvgIpc) is 3.62. The highest BCUT2D eigenvalue weighted by Gasteiger charge is 2.19. The second-order valence-corrected chi connectivity index (χ2v) is 14.2. The van der Waals surface area contributed by atoms with Gasteiger partial charge in [0.2, 0.25) is 0 Å². The molecular weight excluding hydrogens is 691 g/mol. The Morgan fingerprint density at radius 2 is 0.667 bits per heavy atom. The van der Waals surface area contributed by atoms with Crippen LogP contribution in [0.4, 0.5) is 34.1 Å². The highest BCUT2D eigenvalue weighted by Crippen LogP contribution is 2.42. The Hall–Kier alpha value is -7.62. The molecule has 3 nitrogen and oxygen atoms in total. The van der Waals surface area contributed by atoms with Gasteiger partial charge in [0, 0.05) is 50.6 Å². The van der Waals surface area contributed by atoms with Crippen molar-refractivity contribution in [2.75, 3.05) is 9.80 Å². The first-order valence-corrected chi connectivity index (χ1v) is 19.4. The van der Waals surface area contributed by atoms with E-state index in [4.69, 9.17) is 0 Å². The molecule has 0 bridgehead atoms. The molecule has 0 atom stereocenters. The van der Waals surface area contributed by atoms with Crippen molar-refractivity contribution in [2.24, 2.45) is 0 Å². The van der Waals surface area contributed by atoms with Gasteiger partial charge in [-0.05, 0) is 113 Å². The van der Waals surface area contributed by atoms with Gasteiger partial charge in [-0.15, -0.1) is 0 Å². The lowest BCUT2D eigenvalue weighted by atomic mass is 10.0. The minimum Gasteiger partial charge on any atom is -0.310 e. The van der Waals surface area contributed by atoms with Crippen LogP contribution in [-0.2, 0) is 0 Å². The van der Waals surface area contributed by atoms with Crippen LogP contribution < -0.4 is 9.80 Å². The molecule has 0 spiro atoms. The number of nitrogens with zero attached hydrogens (tertiary/aromatic N) is 3. The van der Waals surface area contributed by atoms with Gasteiger partial charge in [-0.3, -0.25) is 0 Å². The fourth-order valence-corrected chi connectivity index (χ4v) is 8.08. The zero-order valence-electron chi connectivity index (χ0n) is 31.4. The monoisotopic (exact) mass is 729 g/mol. The molecule has 0 N–H and O–H groups in total. The number of para-hydroxylation sites is 4. The largest absolute Gasteiger partial charge is 0.310 e. The van der Waals surface area contributed by atoms with E-state index in [0.29, 0.717) is 0 Å². The van der Waals surface area contributed by atoms with E-state index in [1.165, 1.54) is 38.5 Å². The normalized spacial score (nSPS) is 11.2. The van der Waals surface area contributed by atoms with Crippen molar-refractivity contribution in [1.29, 1.82) is 0 Å². The van der Waals surface area contributed by atoms with Crippen LogP contribution >= 0.6 is 0 Å². The number of benzene rings is 9. The third-order valence-corrected chi connectivity index (χ3v) is 10.7. The molecule has 3 heteroatoms. The van der Waals surface area contributed by atoms with Crippen LogP contribution in [0.3, 0.4) is 0 Å². The van der Waals surface area contributed by atoms with Crippen LogP contribution in [0.5, 0.6) is 0 Å². The summed E-state index contributed by atoms with van der Waals surface area (Å²) in [6.45, 7) is 0. The van der Waals surface area contributed by atoms with Crippen LogP contribution in [0.2, 0.25) is 0 Å². The molecule has 270 valence electrons. The summed E-state index contributed by atoms with van der Waals surface area (Å²) in [6, 6.07) is 84.7. The van der Waals surface area contributed by atoms with Gasteiger partial charge in [-0.2, -0.15) is 0 Å². The van der Waals surface area contributed by atoms with Crippen molar-refractivity contribution in [3.63, 3.8) is 0 Å². The first-order chi connectivity index (χ1) is 28.3. The summed E-state index contributed by atoms with van der Waals surface area (Å²) in [5.74, 6) is 0. The molecule has 0 radical (unpaired) electrons. The van der Waals surface area contributed by atoms with E-state index in [1.807, 2.05) is 0 Å². The molecular formula is C54H39N3. The molecule has 57 heavy (non-hydrogen) atoms. The van der Waals surface area contributed by atoms with E-state index in [9.17, 15) is 0 Å². The highest BCUT2D eigenvalue weighted by atomic mass is 15.2. The molecule has 0 unspecified atom stereocenters. The number of rotatable bonds is 9. The van der Waals surface area contributed by atoms with Crippen molar-refractivity contribution in [1.82, 2.24) is 4.57 Å². The minimum atomic E-state index is 1.07. The number of fused-ring (bicyclic) bond motifs is 3. The van der Waals surface area contributed by atoms with Crippen LogP contribution in [0.15, 0.2) is 237 Å². The van der Waals surface area contributed by atoms with Crippen molar-refractivity contribution in [3.8, 4) is 27.9 Å². The van der Waals surface area contributed by atoms with Crippen LogP contribution in [0, 0.1) is 0 Å². The lowest BCUT2D eigenvalue weighted by Crippen LogP contribution is -2.13. The standard InChI is InChI=1S/C54H39N3/c1-5-17-40(18-6-1)41-31-34-47(35-32-41)55(44-20-7-2-8-21-44)49-27-16-28-50(39-49)56(45-22-9-3-10-23-45)48-26-15-19-42(37-48)43-33-36-52-51-29-13-14-30-53(51)57(54(52)38-43)46-24-11-4-12-25-46/h1-39H. The Kier molecular flexibility index (Phi) is 8.86. The van der Waals surface area contributed by atoms with Crippen molar-refractivity contribution in [2.45, 2.75) is 0 Å². The first-order valence-electron chi connectivity index (χ1n) is 19.4. The molecule has 0 amide bonds. The van der Waals surface area contributed by atoms with E-state index in [0.717, 1.165) is 45.4 Å². The topological polar surface area (TPSA) is 11.4 Å². The number of aromatic nitrogens is 1. The van der Waals surface area contributed by atoms with Gasteiger partial charge in [0.1, 0.15) is 0 Å². The van der Waals surface area contributed by atoms with E-state index in [-0.39, 0.29) is 0 Å². The Morgan fingerprint density at radius 1 is 0.246 bits per heavy atom. The SMILES string of the molecule is c1ccc(-c2ccc(N(c3ccccc3)c3cccc(N(c4ccccc4)c4cccc(-c5ccc6c7ccccc7n(-c7ccccc7)c6c5)c4)c3)cc2)cc1. The summed E-state index contributed by atoms with van der Waals surface area (Å²) in [4.78, 5) is 4.69. The first kappa shape index (κ1) is 33.9. The molecule has 1 aromatic heterocycles. The smallest absolute Gasteiger partial charge is 0.0547 e. The fourth-order valence-electron chi connectivity index (χ4n) is 8.08. The van der Waals surface area contributed by atoms with Crippen LogP contribution in [0.1, 0.15) is 0 Å². The molecule has 10 rings (SSSR count). The van der Waals surface area contributed by atoms with Gasteiger partial charge < -0.3 is 14.4 Å². The third kappa shape index (κ3) is 6.52. The van der Waals surface area contributed by atoms with Crippen molar-refractivity contribution in [3.05, 3.63) is 237 Å². The Labute approximate surface area is 333 Å². The zero-order chi connectivity index (χ0) is 38.0. The maximum atomic E-state index is 2.38. The van der Waals surface area contributed by atoms with Crippen LogP contribution in [-0.4, -0.2) is 4.57 Å². The van der Waals surface area contributed by atoms with Gasteiger partial charge in [0.05, 0.1) is 11.0 Å². The second kappa shape index (κ2) is 14.9. The molecule has 0 fully saturated rings. The van der Waals surface area contributed by atoms with E-state index < -0.39 is 0 Å². The Bertz CT molecular complexity index is 2940. The third-order valence-electron chi connectivity index (χ3n) is 10.7. The quantitative estimate of drug-likeness (QED) is 0.147. The van der Waals surface area contributed by atoms with Crippen molar-refractivity contribution < 1.29 is 0 Å². The minimum absolute atomic E-state index is 1.07. The summed E-state index contributed by atoms with van der Waals surface area (Å²) in [5, 5.41) is 2.50. The van der Waals surface area contributed by atoms with Gasteiger partial charge in [-0.25, -0.2) is 0 Å². The second-order valence-electron chi connectivity index (χ2n) is 14.2. The lowest BCUT2D eigenvalue weighted by molar-refractivity contribution is 1.18. The molecule has 1 heterocycles. The van der Waals surface area contributed by atoms with Gasteiger partial charge in [0.15, 0.2) is 0 Å². The lowest BCUT2D eigenvalue weighted by Gasteiger charge is -2.29. The maximum absolute atomic E-state index is 2.38. The molecule has 0 aliphatic carbocycles. The van der Waals surface area contributed by atoms with Gasteiger partial charge >= 0.3 is 0 Å². The summed E-state index contributed by atoms with van der Waals surface area (Å²) in [7, 11) is 0. The molecule has 0 saturated heterocycles. The highest BCUT2D eigenvalue weighted by molar-refractivity contribution is 6.10. The summed E-state index contributed by atoms with van der Waals surface area (Å²) < 4.78 is 2.38. The van der Waals surface area contributed by atoms with E-state index >= 15 is 0 Å². The molecule has 9 aromatic carbocycles. The molecule has 0 aliphatic heterocycles. The summed E-state index contributed by atoms with van der Waals surface area (Å²) in [5.41, 5.74) is 14.8. The van der Waals surface area contributed by atoms with E-state index in [1.54, 1.807) is 0 Å². The Morgan fingerprint density at radius 3 is 1.33 bits per heavy atom. The van der Waals surface area contributed by atoms with Gasteiger partial charge in [-0.1, -0.05) is 146 Å². The van der Waals surface area contributed by atoms with Crippen molar-refractivity contribution >= 4 is 55.9 Å². The number of anilines is 6. The Balaban J connectivity index is 1.08. The van der Waals surface area contributed by atoms with Gasteiger partial charge in [0.25, 0.3) is 0 Å². The number of hydrogen-bond acceptors (Lipinski definition) is 2. The fraction of sp³-hybridized carbons (Fsp3) is 0. The predicted octanol–water partition coefficient (Wildman–Crippen LogP) is 15.1. The maximum Gasteiger partial charge on any atom is 0.0547 e.